The van der Waals surface area contributed by atoms with Crippen LogP contribution in [0.5, 0.6) is 0 Å². The maximum Gasteiger partial charge on any atom is 0.312 e. The molecule has 0 unspecified atom stereocenters. The molecule has 0 spiro atoms. The molecule has 2 nitrogen and oxygen atoms in total. The molecule has 0 bridgehead atoms. The Balaban J connectivity index is 2.85. The fourth-order valence-corrected chi connectivity index (χ4v) is 4.23. The lowest BCUT2D eigenvalue weighted by Gasteiger charge is -2.40. The van der Waals surface area contributed by atoms with Crippen LogP contribution in [0.25, 0.3) is 0 Å². The highest BCUT2D eigenvalue weighted by atomic mass is 16.6. The molecule has 1 saturated carbocycles. The number of rotatable bonds is 6. The maximum absolute atomic E-state index is 12.8. The molecule has 0 N–H and O–H groups in total. The molecule has 0 amide bonds. The van der Waals surface area contributed by atoms with E-state index in [1.165, 1.54) is 25.7 Å². The lowest BCUT2D eigenvalue weighted by molar-refractivity contribution is -0.180. The third-order valence-electron chi connectivity index (χ3n) is 5.12. The first-order valence-electron chi connectivity index (χ1n) is 8.80. The standard InChI is InChI=1S/C19H36O2/c1-8-19(9-2,15-12-10-11-13-15)21-16(20)18(6,7)14-17(3,4)5/h15H,8-14H2,1-7H3. The van der Waals surface area contributed by atoms with Crippen molar-refractivity contribution in [2.45, 2.75) is 99.0 Å². The van der Waals surface area contributed by atoms with Gasteiger partial charge in [-0.2, -0.15) is 0 Å². The molecule has 0 aromatic heterocycles. The first kappa shape index (κ1) is 18.5. The zero-order chi connectivity index (χ0) is 16.3. The fraction of sp³-hybridized carbons (Fsp3) is 0.947. The Hall–Kier alpha value is -0.530. The van der Waals surface area contributed by atoms with E-state index in [0.717, 1.165) is 19.3 Å². The highest BCUT2D eigenvalue weighted by Gasteiger charge is 2.44. The van der Waals surface area contributed by atoms with Crippen LogP contribution >= 0.6 is 0 Å². The van der Waals surface area contributed by atoms with E-state index in [1.807, 2.05) is 13.8 Å². The number of carbonyl (C=O) groups is 1. The summed E-state index contributed by atoms with van der Waals surface area (Å²) < 4.78 is 6.19. The lowest BCUT2D eigenvalue weighted by Crippen LogP contribution is -2.44. The predicted molar refractivity (Wildman–Crippen MR) is 89.2 cm³/mol. The third-order valence-corrected chi connectivity index (χ3v) is 5.12. The number of carbonyl (C=O) groups excluding carboxylic acids is 1. The summed E-state index contributed by atoms with van der Waals surface area (Å²) in [5, 5.41) is 0. The van der Waals surface area contributed by atoms with Crippen LogP contribution in [0.3, 0.4) is 0 Å². The molecule has 0 heterocycles. The van der Waals surface area contributed by atoms with E-state index in [-0.39, 0.29) is 17.0 Å². The Morgan fingerprint density at radius 1 is 1.00 bits per heavy atom. The molecule has 1 fully saturated rings. The van der Waals surface area contributed by atoms with Gasteiger partial charge in [0.2, 0.25) is 0 Å². The van der Waals surface area contributed by atoms with Crippen molar-refractivity contribution >= 4 is 5.97 Å². The Kier molecular flexibility index (Phi) is 5.91. The molecule has 21 heavy (non-hydrogen) atoms. The van der Waals surface area contributed by atoms with E-state index >= 15 is 0 Å². The van der Waals surface area contributed by atoms with Gasteiger partial charge in [0.05, 0.1) is 5.41 Å². The second-order valence-corrected chi connectivity index (χ2v) is 8.76. The van der Waals surface area contributed by atoms with Gasteiger partial charge in [0.25, 0.3) is 0 Å². The van der Waals surface area contributed by atoms with Gasteiger partial charge in [0.15, 0.2) is 0 Å². The lowest BCUT2D eigenvalue weighted by atomic mass is 9.75. The van der Waals surface area contributed by atoms with Gasteiger partial charge >= 0.3 is 5.97 Å². The van der Waals surface area contributed by atoms with Crippen LogP contribution in [0.1, 0.15) is 93.4 Å². The zero-order valence-electron chi connectivity index (χ0n) is 15.3. The second-order valence-electron chi connectivity index (χ2n) is 8.76. The molecule has 0 aromatic carbocycles. The molecule has 2 heteroatoms. The van der Waals surface area contributed by atoms with Gasteiger partial charge in [-0.25, -0.2) is 0 Å². The molecule has 0 saturated heterocycles. The Morgan fingerprint density at radius 2 is 1.48 bits per heavy atom. The molecular formula is C19H36O2. The monoisotopic (exact) mass is 296 g/mol. The number of hydrogen-bond acceptors (Lipinski definition) is 2. The van der Waals surface area contributed by atoms with Gasteiger partial charge in [-0.3, -0.25) is 4.79 Å². The predicted octanol–water partition coefficient (Wildman–Crippen LogP) is 5.74. The summed E-state index contributed by atoms with van der Waals surface area (Å²) in [4.78, 5) is 12.8. The number of ether oxygens (including phenoxy) is 1. The minimum Gasteiger partial charge on any atom is -0.458 e. The van der Waals surface area contributed by atoms with Gasteiger partial charge < -0.3 is 4.74 Å². The van der Waals surface area contributed by atoms with Crippen LogP contribution in [-0.2, 0) is 9.53 Å². The largest absolute Gasteiger partial charge is 0.458 e. The van der Waals surface area contributed by atoms with Crippen LogP contribution in [-0.4, -0.2) is 11.6 Å². The van der Waals surface area contributed by atoms with E-state index in [4.69, 9.17) is 4.74 Å². The summed E-state index contributed by atoms with van der Waals surface area (Å²) in [7, 11) is 0. The van der Waals surface area contributed by atoms with Gasteiger partial charge in [-0.05, 0) is 57.3 Å². The normalized spacial score (nSPS) is 18.0. The molecule has 0 aliphatic heterocycles. The van der Waals surface area contributed by atoms with Crippen molar-refractivity contribution in [2.75, 3.05) is 0 Å². The molecule has 0 radical (unpaired) electrons. The number of esters is 1. The number of hydrogen-bond donors (Lipinski definition) is 0. The van der Waals surface area contributed by atoms with Crippen molar-refractivity contribution in [3.05, 3.63) is 0 Å². The Bertz CT molecular complexity index is 339. The van der Waals surface area contributed by atoms with Crippen LogP contribution in [0, 0.1) is 16.7 Å². The first-order valence-corrected chi connectivity index (χ1v) is 8.80. The summed E-state index contributed by atoms with van der Waals surface area (Å²) in [5.41, 5.74) is -0.508. The molecule has 1 rings (SSSR count). The van der Waals surface area contributed by atoms with E-state index in [9.17, 15) is 4.79 Å². The Labute approximate surface area is 132 Å². The fourth-order valence-electron chi connectivity index (χ4n) is 4.23. The van der Waals surface area contributed by atoms with Gasteiger partial charge in [0.1, 0.15) is 5.60 Å². The van der Waals surface area contributed by atoms with Gasteiger partial charge in [0, 0.05) is 0 Å². The van der Waals surface area contributed by atoms with Crippen LogP contribution in [0.15, 0.2) is 0 Å². The van der Waals surface area contributed by atoms with Crippen molar-refractivity contribution in [1.82, 2.24) is 0 Å². The topological polar surface area (TPSA) is 26.3 Å². The van der Waals surface area contributed by atoms with E-state index in [2.05, 4.69) is 34.6 Å². The van der Waals surface area contributed by atoms with Gasteiger partial charge in [-0.15, -0.1) is 0 Å². The van der Waals surface area contributed by atoms with Crippen molar-refractivity contribution in [2.24, 2.45) is 16.7 Å². The second kappa shape index (κ2) is 6.71. The summed E-state index contributed by atoms with van der Waals surface area (Å²) in [6, 6.07) is 0. The summed E-state index contributed by atoms with van der Waals surface area (Å²) in [6.07, 6.45) is 7.73. The third kappa shape index (κ3) is 4.72. The van der Waals surface area contributed by atoms with Crippen LogP contribution < -0.4 is 0 Å². The summed E-state index contributed by atoms with van der Waals surface area (Å²) in [6.45, 7) is 15.0. The molecule has 1 aliphatic carbocycles. The molecular weight excluding hydrogens is 260 g/mol. The van der Waals surface area contributed by atoms with Crippen molar-refractivity contribution < 1.29 is 9.53 Å². The van der Waals surface area contributed by atoms with E-state index in [1.54, 1.807) is 0 Å². The van der Waals surface area contributed by atoms with Crippen LogP contribution in [0.2, 0.25) is 0 Å². The van der Waals surface area contributed by atoms with Crippen molar-refractivity contribution in [1.29, 1.82) is 0 Å². The van der Waals surface area contributed by atoms with E-state index < -0.39 is 5.41 Å². The molecule has 0 atom stereocenters. The quantitative estimate of drug-likeness (QED) is 0.584. The smallest absolute Gasteiger partial charge is 0.312 e. The first-order chi connectivity index (χ1) is 9.56. The minimum atomic E-state index is -0.410. The highest BCUT2D eigenvalue weighted by Crippen LogP contribution is 2.43. The zero-order valence-corrected chi connectivity index (χ0v) is 15.3. The van der Waals surface area contributed by atoms with Crippen molar-refractivity contribution in [3.63, 3.8) is 0 Å². The van der Waals surface area contributed by atoms with E-state index in [0.29, 0.717) is 5.92 Å². The average Bonchev–Trinajstić information content (AvgIpc) is 2.87. The Morgan fingerprint density at radius 3 is 1.86 bits per heavy atom. The SMILES string of the molecule is CCC(CC)(OC(=O)C(C)(C)CC(C)(C)C)C1CCCC1. The van der Waals surface area contributed by atoms with Gasteiger partial charge in [-0.1, -0.05) is 47.5 Å². The molecule has 1 aliphatic rings. The summed E-state index contributed by atoms with van der Waals surface area (Å²) >= 11 is 0. The average molecular weight is 296 g/mol. The minimum absolute atomic E-state index is 0.00646. The van der Waals surface area contributed by atoms with Crippen molar-refractivity contribution in [3.8, 4) is 0 Å². The van der Waals surface area contributed by atoms with Crippen LogP contribution in [0.4, 0.5) is 0 Å². The maximum atomic E-state index is 12.8. The molecule has 124 valence electrons. The highest BCUT2D eigenvalue weighted by molar-refractivity contribution is 5.76. The summed E-state index contributed by atoms with van der Waals surface area (Å²) in [5.74, 6) is 0.551. The molecule has 0 aromatic rings.